The number of aliphatic hydroxyl groups is 1. The zero-order chi connectivity index (χ0) is 14.7. The molecule has 2 heterocycles. The van der Waals surface area contributed by atoms with Crippen LogP contribution in [0, 0.1) is 0 Å². The van der Waals surface area contributed by atoms with Crippen LogP contribution in [0.1, 0.15) is 36.5 Å². The van der Waals surface area contributed by atoms with E-state index in [-0.39, 0.29) is 0 Å². The number of aromatic nitrogens is 2. The van der Waals surface area contributed by atoms with Gasteiger partial charge in [0.05, 0.1) is 13.2 Å². The first-order chi connectivity index (χ1) is 9.58. The number of nitrogens with zero attached hydrogens (tertiary/aromatic N) is 3. The van der Waals surface area contributed by atoms with Crippen molar-refractivity contribution in [1.29, 1.82) is 0 Å². The molecule has 0 bridgehead atoms. The summed E-state index contributed by atoms with van der Waals surface area (Å²) in [6, 6.07) is 0. The van der Waals surface area contributed by atoms with Crippen molar-refractivity contribution < 1.29 is 14.6 Å². The van der Waals surface area contributed by atoms with Gasteiger partial charge in [-0.25, -0.2) is 9.48 Å². The van der Waals surface area contributed by atoms with Crippen molar-refractivity contribution in [2.24, 2.45) is 0 Å². The van der Waals surface area contributed by atoms with E-state index in [1.54, 1.807) is 4.68 Å². The first-order valence-corrected chi connectivity index (χ1v) is 6.96. The van der Waals surface area contributed by atoms with Gasteiger partial charge in [-0.05, 0) is 19.3 Å². The number of aryl methyl sites for hydroxylation is 1. The lowest BCUT2D eigenvalue weighted by Crippen LogP contribution is -2.39. The summed E-state index contributed by atoms with van der Waals surface area (Å²) in [5.41, 5.74) is 6.32. The molecule has 3 N–H and O–H groups in total. The number of β-amino-alcohol motifs (C(OH)–C–C–N with tert-alkyl or cyclic N) is 1. The highest BCUT2D eigenvalue weighted by Crippen LogP contribution is 2.28. The van der Waals surface area contributed by atoms with Crippen LogP contribution in [0.25, 0.3) is 0 Å². The maximum absolute atomic E-state index is 12.0. The van der Waals surface area contributed by atoms with Crippen molar-refractivity contribution in [2.75, 3.05) is 30.8 Å². The fourth-order valence-electron chi connectivity index (χ4n) is 2.51. The van der Waals surface area contributed by atoms with Gasteiger partial charge in [-0.1, -0.05) is 6.92 Å². The number of hydrogen-bond acceptors (Lipinski definition) is 6. The zero-order valence-corrected chi connectivity index (χ0v) is 12.0. The van der Waals surface area contributed by atoms with E-state index in [1.165, 1.54) is 7.11 Å². The second-order valence-electron chi connectivity index (χ2n) is 5.04. The van der Waals surface area contributed by atoms with Crippen molar-refractivity contribution in [1.82, 2.24) is 9.78 Å². The molecule has 0 aliphatic carbocycles. The molecule has 1 saturated heterocycles. The largest absolute Gasteiger partial charge is 0.465 e. The number of aliphatic hydroxyl groups excluding tert-OH is 1. The molecular formula is C13H22N4O3. The fraction of sp³-hybridized carbons (Fsp3) is 0.692. The highest BCUT2D eigenvalue weighted by molar-refractivity contribution is 5.99. The van der Waals surface area contributed by atoms with Gasteiger partial charge in [-0.15, -0.1) is 0 Å². The van der Waals surface area contributed by atoms with E-state index in [9.17, 15) is 9.90 Å². The van der Waals surface area contributed by atoms with Gasteiger partial charge in [0.25, 0.3) is 0 Å². The Labute approximate surface area is 118 Å². The molecular weight excluding hydrogens is 260 g/mol. The monoisotopic (exact) mass is 282 g/mol. The average Bonchev–Trinajstić information content (AvgIpc) is 2.76. The molecule has 1 aliphatic heterocycles. The number of nitrogen functional groups attached to an aromatic ring is 1. The van der Waals surface area contributed by atoms with Crippen LogP contribution in [0.15, 0.2) is 0 Å². The van der Waals surface area contributed by atoms with Crippen molar-refractivity contribution in [2.45, 2.75) is 38.8 Å². The molecule has 20 heavy (non-hydrogen) atoms. The van der Waals surface area contributed by atoms with E-state index < -0.39 is 12.1 Å². The fourth-order valence-corrected chi connectivity index (χ4v) is 2.51. The molecule has 0 saturated carbocycles. The van der Waals surface area contributed by atoms with E-state index >= 15 is 0 Å². The lowest BCUT2D eigenvalue weighted by atomic mass is 10.1. The molecule has 1 atom stereocenters. The molecule has 0 aromatic carbocycles. The van der Waals surface area contributed by atoms with Gasteiger partial charge in [-0.3, -0.25) is 0 Å². The third-order valence-electron chi connectivity index (χ3n) is 3.49. The van der Waals surface area contributed by atoms with Gasteiger partial charge in [0.15, 0.2) is 5.82 Å². The molecule has 7 nitrogen and oxygen atoms in total. The summed E-state index contributed by atoms with van der Waals surface area (Å²) in [4.78, 5) is 13.9. The van der Waals surface area contributed by atoms with Crippen LogP contribution in [-0.2, 0) is 11.3 Å². The summed E-state index contributed by atoms with van der Waals surface area (Å²) < 4.78 is 6.43. The molecule has 1 aromatic rings. The highest BCUT2D eigenvalue weighted by Gasteiger charge is 2.29. The van der Waals surface area contributed by atoms with E-state index in [0.717, 1.165) is 25.8 Å². The maximum Gasteiger partial charge on any atom is 0.345 e. The molecule has 0 spiro atoms. The Balaban J connectivity index is 2.39. The Morgan fingerprint density at radius 1 is 1.60 bits per heavy atom. The minimum absolute atomic E-state index is 0.301. The Kier molecular flexibility index (Phi) is 4.49. The number of esters is 1. The predicted octanol–water partition coefficient (Wildman–Crippen LogP) is 0.623. The lowest BCUT2D eigenvalue weighted by Gasteiger charge is -2.30. The summed E-state index contributed by atoms with van der Waals surface area (Å²) in [6.07, 6.45) is 2.11. The third kappa shape index (κ3) is 2.72. The van der Waals surface area contributed by atoms with Crippen LogP contribution in [0.4, 0.5) is 11.6 Å². The molecule has 2 rings (SSSR count). The van der Waals surface area contributed by atoms with Gasteiger partial charge < -0.3 is 20.5 Å². The lowest BCUT2D eigenvalue weighted by molar-refractivity contribution is 0.0602. The number of hydrogen-bond donors (Lipinski definition) is 2. The summed E-state index contributed by atoms with van der Waals surface area (Å²) >= 11 is 0. The van der Waals surface area contributed by atoms with Gasteiger partial charge in [0.1, 0.15) is 11.4 Å². The average molecular weight is 282 g/mol. The van der Waals surface area contributed by atoms with Gasteiger partial charge >= 0.3 is 5.97 Å². The molecule has 1 aromatic heterocycles. The quantitative estimate of drug-likeness (QED) is 0.786. The minimum Gasteiger partial charge on any atom is -0.465 e. The molecule has 0 radical (unpaired) electrons. The topological polar surface area (TPSA) is 93.6 Å². The van der Waals surface area contributed by atoms with Gasteiger partial charge in [0, 0.05) is 19.6 Å². The number of carbonyl (C=O) groups excluding carboxylic acids is 1. The smallest absolute Gasteiger partial charge is 0.345 e. The molecule has 0 amide bonds. The Morgan fingerprint density at radius 3 is 2.95 bits per heavy atom. The number of methoxy groups -OCH3 is 1. The van der Waals surface area contributed by atoms with Crippen molar-refractivity contribution >= 4 is 17.6 Å². The number of piperidine rings is 1. The number of ether oxygens (including phenoxy) is 1. The van der Waals surface area contributed by atoms with Gasteiger partial charge in [-0.2, -0.15) is 5.10 Å². The number of rotatable bonds is 4. The first-order valence-electron chi connectivity index (χ1n) is 6.96. The summed E-state index contributed by atoms with van der Waals surface area (Å²) in [6.45, 7) is 3.88. The van der Waals surface area contributed by atoms with E-state index in [1.807, 2.05) is 11.8 Å². The minimum atomic E-state index is -0.486. The van der Waals surface area contributed by atoms with Crippen LogP contribution in [0.3, 0.4) is 0 Å². The van der Waals surface area contributed by atoms with Crippen LogP contribution >= 0.6 is 0 Å². The predicted molar refractivity (Wildman–Crippen MR) is 75.7 cm³/mol. The van der Waals surface area contributed by atoms with Crippen molar-refractivity contribution in [3.8, 4) is 0 Å². The maximum atomic E-state index is 12.0. The number of carbonyl (C=O) groups is 1. The Morgan fingerprint density at radius 2 is 2.35 bits per heavy atom. The molecule has 112 valence electrons. The van der Waals surface area contributed by atoms with Crippen LogP contribution in [0.5, 0.6) is 0 Å². The first kappa shape index (κ1) is 14.6. The van der Waals surface area contributed by atoms with E-state index in [4.69, 9.17) is 10.5 Å². The SMILES string of the molecule is CCCn1nc(N2CCCC(O)C2)c(C(=O)OC)c1N. The second kappa shape index (κ2) is 6.13. The van der Waals surface area contributed by atoms with E-state index in [0.29, 0.717) is 30.3 Å². The van der Waals surface area contributed by atoms with Crippen molar-refractivity contribution in [3.05, 3.63) is 5.56 Å². The highest BCUT2D eigenvalue weighted by atomic mass is 16.5. The molecule has 1 fully saturated rings. The van der Waals surface area contributed by atoms with E-state index in [2.05, 4.69) is 5.10 Å². The zero-order valence-electron chi connectivity index (χ0n) is 12.0. The second-order valence-corrected chi connectivity index (χ2v) is 5.04. The van der Waals surface area contributed by atoms with Crippen LogP contribution in [0.2, 0.25) is 0 Å². The van der Waals surface area contributed by atoms with Crippen LogP contribution < -0.4 is 10.6 Å². The summed E-state index contributed by atoms with van der Waals surface area (Å²) in [5, 5.41) is 14.2. The molecule has 1 unspecified atom stereocenters. The molecule has 1 aliphatic rings. The normalized spacial score (nSPS) is 19.1. The Bertz CT molecular complexity index is 486. The Hall–Kier alpha value is -1.76. The number of anilines is 2. The summed E-state index contributed by atoms with van der Waals surface area (Å²) in [7, 11) is 1.33. The van der Waals surface area contributed by atoms with Crippen molar-refractivity contribution in [3.63, 3.8) is 0 Å². The standard InChI is InChI=1S/C13H22N4O3/c1-3-6-17-11(14)10(13(19)20-2)12(15-17)16-7-4-5-9(18)8-16/h9,18H,3-8,14H2,1-2H3. The van der Waals surface area contributed by atoms with Gasteiger partial charge in [0.2, 0.25) is 0 Å². The summed E-state index contributed by atoms with van der Waals surface area (Å²) in [5.74, 6) is 0.357. The number of nitrogens with two attached hydrogens (primary N) is 1. The van der Waals surface area contributed by atoms with Crippen LogP contribution in [-0.4, -0.2) is 47.2 Å². The third-order valence-corrected chi connectivity index (χ3v) is 3.49. The molecule has 7 heteroatoms.